The van der Waals surface area contributed by atoms with E-state index >= 15 is 0 Å². The zero-order valence-corrected chi connectivity index (χ0v) is 11.8. The average molecular weight is 236 g/mol. The number of likely N-dealkylation sites (tertiary alicyclic amines) is 1. The van der Waals surface area contributed by atoms with Crippen LogP contribution >= 0.6 is 0 Å². The number of unbranched alkanes of at least 4 members (excludes halogenated alkanes) is 5. The molecule has 1 rings (SSSR count). The minimum absolute atomic E-state index is 0.607. The Labute approximate surface area is 109 Å². The van der Waals surface area contributed by atoms with Gasteiger partial charge in [-0.2, -0.15) is 0 Å². The molecule has 0 amide bonds. The highest BCUT2D eigenvalue weighted by Crippen LogP contribution is 2.15. The van der Waals surface area contributed by atoms with E-state index in [9.17, 15) is 0 Å². The van der Waals surface area contributed by atoms with Gasteiger partial charge in [0, 0.05) is 6.04 Å². The molecule has 0 saturated carbocycles. The van der Waals surface area contributed by atoms with Gasteiger partial charge < -0.3 is 9.71 Å². The fraction of sp³-hybridized carbons (Fsp3) is 1.00. The lowest BCUT2D eigenvalue weighted by molar-refractivity contribution is 0.169. The third-order valence-electron chi connectivity index (χ3n) is 3.96. The molecule has 0 bridgehead atoms. The van der Waals surface area contributed by atoms with Crippen LogP contribution in [-0.2, 0) is 0 Å². The molecule has 0 unspecified atom stereocenters. The van der Waals surface area contributed by atoms with Crippen LogP contribution in [0.15, 0.2) is 0 Å². The van der Waals surface area contributed by atoms with Crippen LogP contribution in [-0.4, -0.2) is 50.4 Å². The standard InChI is InChI=1S/C14H29BN2/c1-3-4-5-6-7-8-11-17-12-9-14(10-13-17)16(2)15/h14H,3-13H2,1-2H3. The van der Waals surface area contributed by atoms with E-state index in [4.69, 9.17) is 7.98 Å². The van der Waals surface area contributed by atoms with Crippen LogP contribution in [0.4, 0.5) is 0 Å². The van der Waals surface area contributed by atoms with Gasteiger partial charge in [-0.3, -0.25) is 0 Å². The topological polar surface area (TPSA) is 6.48 Å². The Hall–Kier alpha value is -0.0151. The largest absolute Gasteiger partial charge is 0.353 e. The van der Waals surface area contributed by atoms with Crippen LogP contribution in [0.5, 0.6) is 0 Å². The third-order valence-corrected chi connectivity index (χ3v) is 3.96. The summed E-state index contributed by atoms with van der Waals surface area (Å²) in [6.07, 6.45) is 10.9. The van der Waals surface area contributed by atoms with Gasteiger partial charge in [-0.25, -0.2) is 0 Å². The first-order chi connectivity index (χ1) is 8.24. The van der Waals surface area contributed by atoms with Gasteiger partial charge in [-0.15, -0.1) is 0 Å². The zero-order valence-electron chi connectivity index (χ0n) is 11.8. The van der Waals surface area contributed by atoms with Gasteiger partial charge in [-0.1, -0.05) is 39.0 Å². The highest BCUT2D eigenvalue weighted by atomic mass is 15.2. The van der Waals surface area contributed by atoms with Crippen molar-refractivity contribution in [2.45, 2.75) is 64.3 Å². The van der Waals surface area contributed by atoms with E-state index in [1.165, 1.54) is 71.0 Å². The minimum Gasteiger partial charge on any atom is -0.353 e. The molecule has 17 heavy (non-hydrogen) atoms. The van der Waals surface area contributed by atoms with Crippen LogP contribution < -0.4 is 0 Å². The van der Waals surface area contributed by atoms with Gasteiger partial charge in [0.05, 0.1) is 0 Å². The van der Waals surface area contributed by atoms with Crippen molar-refractivity contribution in [3.8, 4) is 0 Å². The lowest BCUT2D eigenvalue weighted by Gasteiger charge is -2.35. The molecule has 0 atom stereocenters. The monoisotopic (exact) mass is 236 g/mol. The summed E-state index contributed by atoms with van der Waals surface area (Å²) >= 11 is 0. The summed E-state index contributed by atoms with van der Waals surface area (Å²) in [5, 5.41) is 0. The Morgan fingerprint density at radius 3 is 2.24 bits per heavy atom. The number of hydrogen-bond donors (Lipinski definition) is 0. The molecule has 1 saturated heterocycles. The molecule has 1 fully saturated rings. The molecule has 0 aromatic carbocycles. The predicted octanol–water partition coefficient (Wildman–Crippen LogP) is 2.83. The van der Waals surface area contributed by atoms with Crippen molar-refractivity contribution < 1.29 is 0 Å². The normalized spacial score (nSPS) is 19.0. The van der Waals surface area contributed by atoms with E-state index in [1.807, 2.05) is 11.9 Å². The fourth-order valence-electron chi connectivity index (χ4n) is 2.67. The minimum atomic E-state index is 0.607. The van der Waals surface area contributed by atoms with Gasteiger partial charge in [0.15, 0.2) is 7.98 Å². The molecular weight excluding hydrogens is 207 g/mol. The zero-order chi connectivity index (χ0) is 12.5. The summed E-state index contributed by atoms with van der Waals surface area (Å²) < 4.78 is 0. The number of piperidine rings is 1. The molecule has 1 aliphatic heterocycles. The first-order valence-corrected chi connectivity index (χ1v) is 7.44. The number of nitrogens with zero attached hydrogens (tertiary/aromatic N) is 2. The summed E-state index contributed by atoms with van der Waals surface area (Å²) in [5.74, 6) is 0. The van der Waals surface area contributed by atoms with Gasteiger partial charge in [0.1, 0.15) is 0 Å². The molecule has 0 aromatic heterocycles. The smallest absolute Gasteiger partial charge is 0.182 e. The van der Waals surface area contributed by atoms with Gasteiger partial charge >= 0.3 is 0 Å². The Kier molecular flexibility index (Phi) is 7.95. The second-order valence-electron chi connectivity index (χ2n) is 5.51. The SMILES string of the molecule is [B]N(C)C1CCN(CCCCCCCC)CC1. The predicted molar refractivity (Wildman–Crippen MR) is 76.4 cm³/mol. The van der Waals surface area contributed by atoms with E-state index in [-0.39, 0.29) is 0 Å². The Morgan fingerprint density at radius 2 is 1.65 bits per heavy atom. The lowest BCUT2D eigenvalue weighted by Crippen LogP contribution is -2.42. The maximum atomic E-state index is 5.80. The van der Waals surface area contributed by atoms with E-state index in [1.54, 1.807) is 0 Å². The van der Waals surface area contributed by atoms with E-state index in [0.29, 0.717) is 6.04 Å². The maximum Gasteiger partial charge on any atom is 0.182 e. The average Bonchev–Trinajstić information content (AvgIpc) is 2.34. The molecule has 1 heterocycles. The van der Waals surface area contributed by atoms with Crippen LogP contribution in [0, 0.1) is 0 Å². The molecule has 1 aliphatic rings. The summed E-state index contributed by atoms with van der Waals surface area (Å²) in [7, 11) is 7.79. The Morgan fingerprint density at radius 1 is 1.06 bits per heavy atom. The quantitative estimate of drug-likeness (QED) is 0.472. The van der Waals surface area contributed by atoms with Crippen LogP contribution in [0.25, 0.3) is 0 Å². The Balaban J connectivity index is 1.95. The molecule has 3 heteroatoms. The maximum absolute atomic E-state index is 5.80. The van der Waals surface area contributed by atoms with E-state index in [0.717, 1.165) is 0 Å². The molecule has 0 aliphatic carbocycles. The van der Waals surface area contributed by atoms with Gasteiger partial charge in [-0.05, 0) is 45.9 Å². The second kappa shape index (κ2) is 8.99. The van der Waals surface area contributed by atoms with E-state index in [2.05, 4.69) is 11.8 Å². The second-order valence-corrected chi connectivity index (χ2v) is 5.51. The van der Waals surface area contributed by atoms with Crippen LogP contribution in [0.1, 0.15) is 58.3 Å². The van der Waals surface area contributed by atoms with Crippen molar-refractivity contribution in [2.75, 3.05) is 26.7 Å². The molecule has 2 radical (unpaired) electrons. The highest BCUT2D eigenvalue weighted by Gasteiger charge is 2.19. The number of rotatable bonds is 8. The van der Waals surface area contributed by atoms with Crippen LogP contribution in [0.2, 0.25) is 0 Å². The van der Waals surface area contributed by atoms with Crippen molar-refractivity contribution in [2.24, 2.45) is 0 Å². The molecule has 0 aromatic rings. The fourth-order valence-corrected chi connectivity index (χ4v) is 2.67. The lowest BCUT2D eigenvalue weighted by atomic mass is 10.0. The van der Waals surface area contributed by atoms with Crippen LogP contribution in [0.3, 0.4) is 0 Å². The van der Waals surface area contributed by atoms with Crippen molar-refractivity contribution in [1.82, 2.24) is 9.71 Å². The molecule has 0 spiro atoms. The van der Waals surface area contributed by atoms with Crippen molar-refractivity contribution in [3.05, 3.63) is 0 Å². The first-order valence-electron chi connectivity index (χ1n) is 7.44. The third kappa shape index (κ3) is 6.47. The van der Waals surface area contributed by atoms with Gasteiger partial charge in [0.2, 0.25) is 0 Å². The van der Waals surface area contributed by atoms with Crippen molar-refractivity contribution in [3.63, 3.8) is 0 Å². The first kappa shape index (κ1) is 15.0. The summed E-state index contributed by atoms with van der Waals surface area (Å²) in [6.45, 7) is 6.05. The van der Waals surface area contributed by atoms with Crippen molar-refractivity contribution in [1.29, 1.82) is 0 Å². The molecular formula is C14H29BN2. The summed E-state index contributed by atoms with van der Waals surface area (Å²) in [4.78, 5) is 4.50. The number of hydrogen-bond acceptors (Lipinski definition) is 2. The van der Waals surface area contributed by atoms with E-state index < -0.39 is 0 Å². The molecule has 98 valence electrons. The Bertz CT molecular complexity index is 177. The van der Waals surface area contributed by atoms with Gasteiger partial charge in [0.25, 0.3) is 0 Å². The summed E-state index contributed by atoms with van der Waals surface area (Å²) in [5.41, 5.74) is 0. The van der Waals surface area contributed by atoms with Crippen molar-refractivity contribution >= 4 is 7.98 Å². The highest BCUT2D eigenvalue weighted by molar-refractivity contribution is 6.04. The molecule has 0 N–H and O–H groups in total. The summed E-state index contributed by atoms with van der Waals surface area (Å²) in [6, 6.07) is 0.607. The molecule has 2 nitrogen and oxygen atoms in total.